The average molecular weight is 501 g/mol. The van der Waals surface area contributed by atoms with Crippen LogP contribution in [0.3, 0.4) is 0 Å². The van der Waals surface area contributed by atoms with E-state index in [0.717, 1.165) is 41.5 Å². The maximum atomic E-state index is 12.1. The number of carbonyl (C=O) groups is 1. The molecule has 1 fully saturated rings. The number of nitrogens with one attached hydrogen (secondary N) is 2. The number of benzene rings is 2. The van der Waals surface area contributed by atoms with E-state index in [9.17, 15) is 4.79 Å². The fraction of sp³-hybridized carbons (Fsp3) is 0.185. The predicted molar refractivity (Wildman–Crippen MR) is 143 cm³/mol. The van der Waals surface area contributed by atoms with E-state index in [1.54, 1.807) is 24.7 Å². The Bertz CT molecular complexity index is 1440. The molecular weight excluding hydrogens is 476 g/mol. The summed E-state index contributed by atoms with van der Waals surface area (Å²) < 4.78 is 6.19. The van der Waals surface area contributed by atoms with Crippen molar-refractivity contribution in [1.29, 1.82) is 0 Å². The van der Waals surface area contributed by atoms with Gasteiger partial charge in [-0.15, -0.1) is 0 Å². The van der Waals surface area contributed by atoms with Gasteiger partial charge in [-0.05, 0) is 43.8 Å². The zero-order chi connectivity index (χ0) is 25.1. The van der Waals surface area contributed by atoms with Gasteiger partial charge in [0.05, 0.1) is 16.2 Å². The molecule has 1 amide bonds. The molecule has 4 aromatic rings. The van der Waals surface area contributed by atoms with Crippen LogP contribution in [0.1, 0.15) is 6.42 Å². The predicted octanol–water partition coefficient (Wildman–Crippen LogP) is 5.30. The van der Waals surface area contributed by atoms with Gasteiger partial charge in [0.15, 0.2) is 0 Å². The Hall–Kier alpha value is -4.01. The Balaban J connectivity index is 1.45. The summed E-state index contributed by atoms with van der Waals surface area (Å²) in [6.07, 6.45) is 7.34. The molecule has 36 heavy (non-hydrogen) atoms. The van der Waals surface area contributed by atoms with Crippen LogP contribution in [0.15, 0.2) is 73.7 Å². The maximum absolute atomic E-state index is 12.1. The first-order valence-electron chi connectivity index (χ1n) is 11.5. The molecule has 0 saturated carbocycles. The van der Waals surface area contributed by atoms with Crippen molar-refractivity contribution in [2.24, 2.45) is 0 Å². The molecule has 0 bridgehead atoms. The molecule has 2 aromatic heterocycles. The average Bonchev–Trinajstić information content (AvgIpc) is 3.29. The maximum Gasteiger partial charge on any atom is 0.247 e. The van der Waals surface area contributed by atoms with Crippen molar-refractivity contribution in [3.05, 3.63) is 78.7 Å². The van der Waals surface area contributed by atoms with E-state index >= 15 is 0 Å². The molecule has 0 radical (unpaired) electrons. The molecule has 3 heterocycles. The number of halogens is 1. The summed E-state index contributed by atoms with van der Waals surface area (Å²) in [6.45, 7) is 5.36. The van der Waals surface area contributed by atoms with Crippen LogP contribution in [0.4, 0.5) is 17.3 Å². The minimum atomic E-state index is -0.317. The van der Waals surface area contributed by atoms with Crippen LogP contribution in [-0.2, 0) is 4.79 Å². The number of fused-ring (bicyclic) bond motifs is 1. The third-order valence-corrected chi connectivity index (χ3v) is 6.15. The summed E-state index contributed by atoms with van der Waals surface area (Å²) in [6, 6.07) is 13.2. The number of para-hydroxylation sites is 1. The highest BCUT2D eigenvalue weighted by Crippen LogP contribution is 2.32. The first-order valence-corrected chi connectivity index (χ1v) is 11.9. The molecule has 5 rings (SSSR count). The number of likely N-dealkylation sites (tertiary alicyclic amines) is 1. The van der Waals surface area contributed by atoms with Crippen LogP contribution in [0.2, 0.25) is 5.02 Å². The van der Waals surface area contributed by atoms with Gasteiger partial charge in [-0.1, -0.05) is 36.4 Å². The number of ether oxygens (including phenoxy) is 1. The van der Waals surface area contributed by atoms with Crippen LogP contribution in [-0.4, -0.2) is 52.0 Å². The lowest BCUT2D eigenvalue weighted by molar-refractivity contribution is -0.111. The van der Waals surface area contributed by atoms with Crippen LogP contribution in [0, 0.1) is 0 Å². The van der Waals surface area contributed by atoms with Gasteiger partial charge in [0.1, 0.15) is 11.9 Å². The van der Waals surface area contributed by atoms with Crippen molar-refractivity contribution in [3.63, 3.8) is 0 Å². The molecule has 2 aromatic carbocycles. The number of likely N-dealkylation sites (N-methyl/N-ethyl adjacent to an activating group) is 1. The van der Waals surface area contributed by atoms with E-state index in [-0.39, 0.29) is 12.0 Å². The molecule has 1 saturated heterocycles. The SMILES string of the molecule is C=CC(=O)Nc1cc(Nc2ncc3cccc(-c4cncc(Cl)c4)c3n2)ccc1OC1CCN(C)C1. The molecule has 182 valence electrons. The molecule has 1 atom stereocenters. The van der Waals surface area contributed by atoms with Crippen LogP contribution >= 0.6 is 11.6 Å². The normalized spacial score (nSPS) is 15.6. The lowest BCUT2D eigenvalue weighted by atomic mass is 10.0. The van der Waals surface area contributed by atoms with Crippen molar-refractivity contribution in [2.45, 2.75) is 12.5 Å². The Morgan fingerprint density at radius 3 is 2.89 bits per heavy atom. The zero-order valence-electron chi connectivity index (χ0n) is 19.7. The van der Waals surface area contributed by atoms with E-state index in [0.29, 0.717) is 28.1 Å². The summed E-state index contributed by atoms with van der Waals surface area (Å²) >= 11 is 6.16. The Morgan fingerprint density at radius 2 is 2.11 bits per heavy atom. The second-order valence-electron chi connectivity index (χ2n) is 8.65. The number of hydrogen-bond donors (Lipinski definition) is 2. The van der Waals surface area contributed by atoms with E-state index < -0.39 is 0 Å². The first-order chi connectivity index (χ1) is 17.5. The standard InChI is InChI=1S/C27H25ClN6O2/c1-3-25(35)32-23-12-20(7-8-24(23)36-21-9-10-34(2)16-21)31-27-30-14-17-5-4-6-22(26(17)33-27)18-11-19(28)15-29-13-18/h3-8,11-15,21H,1,9-10,16H2,2H3,(H,32,35)(H,30,31,33). The van der Waals surface area contributed by atoms with E-state index in [4.69, 9.17) is 21.3 Å². The summed E-state index contributed by atoms with van der Waals surface area (Å²) in [4.78, 5) is 27.7. The van der Waals surface area contributed by atoms with E-state index in [1.165, 1.54) is 6.08 Å². The lowest BCUT2D eigenvalue weighted by Crippen LogP contribution is -2.22. The number of nitrogens with zero attached hydrogens (tertiary/aromatic N) is 4. The number of carbonyl (C=O) groups excluding carboxylic acids is 1. The van der Waals surface area contributed by atoms with Crippen molar-refractivity contribution in [2.75, 3.05) is 30.8 Å². The highest BCUT2D eigenvalue weighted by molar-refractivity contribution is 6.30. The highest BCUT2D eigenvalue weighted by Gasteiger charge is 2.22. The van der Waals surface area contributed by atoms with Gasteiger partial charge in [0.25, 0.3) is 0 Å². The Morgan fingerprint density at radius 1 is 1.22 bits per heavy atom. The third kappa shape index (κ3) is 5.30. The lowest BCUT2D eigenvalue weighted by Gasteiger charge is -2.18. The van der Waals surface area contributed by atoms with Gasteiger partial charge in [0, 0.05) is 53.9 Å². The monoisotopic (exact) mass is 500 g/mol. The minimum Gasteiger partial charge on any atom is -0.487 e. The van der Waals surface area contributed by atoms with Crippen LogP contribution < -0.4 is 15.4 Å². The largest absolute Gasteiger partial charge is 0.487 e. The topological polar surface area (TPSA) is 92.3 Å². The quantitative estimate of drug-likeness (QED) is 0.333. The first kappa shape index (κ1) is 23.7. The zero-order valence-corrected chi connectivity index (χ0v) is 20.5. The third-order valence-electron chi connectivity index (χ3n) is 5.95. The fourth-order valence-electron chi connectivity index (χ4n) is 4.20. The molecule has 2 N–H and O–H groups in total. The smallest absolute Gasteiger partial charge is 0.247 e. The van der Waals surface area contributed by atoms with E-state index in [2.05, 4.69) is 39.1 Å². The Labute approximate surface area is 214 Å². The van der Waals surface area contributed by atoms with Gasteiger partial charge >= 0.3 is 0 Å². The van der Waals surface area contributed by atoms with Gasteiger partial charge in [-0.3, -0.25) is 9.78 Å². The molecule has 1 unspecified atom stereocenters. The number of amides is 1. The molecule has 9 heteroatoms. The molecule has 8 nitrogen and oxygen atoms in total. The summed E-state index contributed by atoms with van der Waals surface area (Å²) in [7, 11) is 2.06. The summed E-state index contributed by atoms with van der Waals surface area (Å²) in [5.41, 5.74) is 3.78. The molecule has 0 spiro atoms. The number of aromatic nitrogens is 3. The second kappa shape index (κ2) is 10.3. The van der Waals surface area contributed by atoms with Gasteiger partial charge in [-0.2, -0.15) is 0 Å². The van der Waals surface area contributed by atoms with Crippen molar-refractivity contribution in [3.8, 4) is 16.9 Å². The van der Waals surface area contributed by atoms with Gasteiger partial charge in [0.2, 0.25) is 11.9 Å². The highest BCUT2D eigenvalue weighted by atomic mass is 35.5. The van der Waals surface area contributed by atoms with Crippen molar-refractivity contribution >= 4 is 45.7 Å². The molecule has 1 aliphatic heterocycles. The van der Waals surface area contributed by atoms with E-state index in [1.807, 2.05) is 36.4 Å². The van der Waals surface area contributed by atoms with Gasteiger partial charge in [-0.25, -0.2) is 9.97 Å². The molecule has 0 aliphatic carbocycles. The Kier molecular flexibility index (Phi) is 6.79. The summed E-state index contributed by atoms with van der Waals surface area (Å²) in [5, 5.41) is 7.53. The number of anilines is 3. The molecule has 1 aliphatic rings. The molecular formula is C27H25ClN6O2. The van der Waals surface area contributed by atoms with Crippen LogP contribution in [0.5, 0.6) is 5.75 Å². The number of pyridine rings is 1. The number of hydrogen-bond acceptors (Lipinski definition) is 7. The minimum absolute atomic E-state index is 0.0661. The van der Waals surface area contributed by atoms with Crippen molar-refractivity contribution < 1.29 is 9.53 Å². The van der Waals surface area contributed by atoms with Gasteiger partial charge < -0.3 is 20.3 Å². The van der Waals surface area contributed by atoms with Crippen LogP contribution in [0.25, 0.3) is 22.0 Å². The second-order valence-corrected chi connectivity index (χ2v) is 9.09. The summed E-state index contributed by atoms with van der Waals surface area (Å²) in [5.74, 6) is 0.700. The van der Waals surface area contributed by atoms with Crippen molar-refractivity contribution in [1.82, 2.24) is 19.9 Å². The fourth-order valence-corrected chi connectivity index (χ4v) is 4.37. The number of rotatable bonds is 7.